The normalized spacial score (nSPS) is 11.1. The van der Waals surface area contributed by atoms with E-state index in [9.17, 15) is 4.39 Å². The van der Waals surface area contributed by atoms with E-state index in [0.29, 0.717) is 0 Å². The highest BCUT2D eigenvalue weighted by molar-refractivity contribution is 5.83. The molecule has 1 N–H and O–H groups in total. The highest BCUT2D eigenvalue weighted by atomic mass is 19.1. The lowest BCUT2D eigenvalue weighted by molar-refractivity contribution is 0.628. The van der Waals surface area contributed by atoms with E-state index in [1.54, 1.807) is 18.3 Å². The lowest BCUT2D eigenvalue weighted by Gasteiger charge is -2.03. The topological polar surface area (TPSA) is 42.2 Å². The number of anilines is 1. The molecule has 0 fully saturated rings. The van der Waals surface area contributed by atoms with Gasteiger partial charge in [0.25, 0.3) is 0 Å². The van der Waals surface area contributed by atoms with Crippen LogP contribution in [0.3, 0.4) is 0 Å². The molecular formula is C18H17FN4. The van der Waals surface area contributed by atoms with Crippen LogP contribution in [0.2, 0.25) is 0 Å². The van der Waals surface area contributed by atoms with Gasteiger partial charge in [0.05, 0.1) is 29.0 Å². The maximum absolute atomic E-state index is 12.9. The molecule has 2 aromatic carbocycles. The standard InChI is InChI=1S/C18H17FN4/c1-13-18(12-20-21-16-10-8-15(19)9-11-16)14(2)23(22-13)17-6-4-3-5-7-17/h3-12,21H,1-2H3/b20-12+. The van der Waals surface area contributed by atoms with Gasteiger partial charge in [0.1, 0.15) is 5.82 Å². The number of hydrazone groups is 1. The van der Waals surface area contributed by atoms with E-state index in [4.69, 9.17) is 0 Å². The molecule has 1 aromatic heterocycles. The van der Waals surface area contributed by atoms with E-state index in [-0.39, 0.29) is 5.82 Å². The van der Waals surface area contributed by atoms with E-state index in [1.165, 1.54) is 12.1 Å². The summed E-state index contributed by atoms with van der Waals surface area (Å²) in [6.45, 7) is 3.96. The van der Waals surface area contributed by atoms with Gasteiger partial charge in [0, 0.05) is 5.56 Å². The minimum absolute atomic E-state index is 0.268. The summed E-state index contributed by atoms with van der Waals surface area (Å²) < 4.78 is 14.8. The van der Waals surface area contributed by atoms with Crippen molar-refractivity contribution in [3.8, 4) is 5.69 Å². The Hall–Kier alpha value is -2.95. The first-order valence-corrected chi connectivity index (χ1v) is 7.31. The number of rotatable bonds is 4. The Morgan fingerprint density at radius 2 is 1.74 bits per heavy atom. The smallest absolute Gasteiger partial charge is 0.123 e. The number of nitrogens with one attached hydrogen (secondary N) is 1. The summed E-state index contributed by atoms with van der Waals surface area (Å²) in [5, 5.41) is 8.79. The molecule has 0 aliphatic carbocycles. The van der Waals surface area contributed by atoms with Gasteiger partial charge in [0.2, 0.25) is 0 Å². The summed E-state index contributed by atoms with van der Waals surface area (Å²) >= 11 is 0. The Morgan fingerprint density at radius 1 is 1.04 bits per heavy atom. The van der Waals surface area contributed by atoms with Crippen molar-refractivity contribution in [2.75, 3.05) is 5.43 Å². The van der Waals surface area contributed by atoms with Crippen LogP contribution in [0.1, 0.15) is 17.0 Å². The van der Waals surface area contributed by atoms with E-state index < -0.39 is 0 Å². The fourth-order valence-corrected chi connectivity index (χ4v) is 2.36. The van der Waals surface area contributed by atoms with E-state index in [0.717, 1.165) is 28.3 Å². The molecule has 0 amide bonds. The van der Waals surface area contributed by atoms with Crippen LogP contribution in [0.15, 0.2) is 59.7 Å². The van der Waals surface area contributed by atoms with Gasteiger partial charge in [-0.2, -0.15) is 10.2 Å². The quantitative estimate of drug-likeness (QED) is 0.583. The zero-order chi connectivity index (χ0) is 16.2. The second-order valence-corrected chi connectivity index (χ2v) is 5.21. The van der Waals surface area contributed by atoms with Crippen LogP contribution in [0.25, 0.3) is 5.69 Å². The van der Waals surface area contributed by atoms with Crippen LogP contribution in [0, 0.1) is 19.7 Å². The first-order valence-electron chi connectivity index (χ1n) is 7.31. The van der Waals surface area contributed by atoms with Crippen molar-refractivity contribution in [1.82, 2.24) is 9.78 Å². The summed E-state index contributed by atoms with van der Waals surface area (Å²) in [6, 6.07) is 16.0. The Bertz CT molecular complexity index is 820. The molecular weight excluding hydrogens is 291 g/mol. The minimum Gasteiger partial charge on any atom is -0.278 e. The molecule has 0 saturated heterocycles. The molecule has 3 aromatic rings. The number of aromatic nitrogens is 2. The third kappa shape index (κ3) is 3.29. The Labute approximate surface area is 134 Å². The predicted molar refractivity (Wildman–Crippen MR) is 90.7 cm³/mol. The van der Waals surface area contributed by atoms with Crippen LogP contribution in [0.5, 0.6) is 0 Å². The van der Waals surface area contributed by atoms with Gasteiger partial charge in [-0.3, -0.25) is 5.43 Å². The second-order valence-electron chi connectivity index (χ2n) is 5.21. The van der Waals surface area contributed by atoms with Crippen molar-refractivity contribution in [3.63, 3.8) is 0 Å². The minimum atomic E-state index is -0.268. The average molecular weight is 308 g/mol. The molecule has 0 saturated carbocycles. The van der Waals surface area contributed by atoms with Crippen molar-refractivity contribution < 1.29 is 4.39 Å². The molecule has 23 heavy (non-hydrogen) atoms. The van der Waals surface area contributed by atoms with Gasteiger partial charge in [0.15, 0.2) is 0 Å². The summed E-state index contributed by atoms with van der Waals surface area (Å²) in [5.74, 6) is -0.268. The number of hydrogen-bond acceptors (Lipinski definition) is 3. The molecule has 0 aliphatic rings. The summed E-state index contributed by atoms with van der Waals surface area (Å²) in [4.78, 5) is 0. The molecule has 0 aliphatic heterocycles. The van der Waals surface area contributed by atoms with Crippen LogP contribution >= 0.6 is 0 Å². The molecule has 116 valence electrons. The monoisotopic (exact) mass is 308 g/mol. The largest absolute Gasteiger partial charge is 0.278 e. The lowest BCUT2D eigenvalue weighted by Crippen LogP contribution is -1.99. The Morgan fingerprint density at radius 3 is 2.43 bits per heavy atom. The zero-order valence-electron chi connectivity index (χ0n) is 13.0. The number of halogens is 1. The van der Waals surface area contributed by atoms with E-state index >= 15 is 0 Å². The summed E-state index contributed by atoms with van der Waals surface area (Å²) in [6.07, 6.45) is 1.74. The Kier molecular flexibility index (Phi) is 4.19. The SMILES string of the molecule is Cc1nn(-c2ccccc2)c(C)c1/C=N/Nc1ccc(F)cc1. The summed E-state index contributed by atoms with van der Waals surface area (Å²) in [7, 11) is 0. The van der Waals surface area contributed by atoms with Crippen molar-refractivity contribution >= 4 is 11.9 Å². The molecule has 1 heterocycles. The zero-order valence-corrected chi connectivity index (χ0v) is 13.0. The fourth-order valence-electron chi connectivity index (χ4n) is 2.36. The molecule has 0 radical (unpaired) electrons. The number of para-hydroxylation sites is 1. The third-order valence-electron chi connectivity index (χ3n) is 3.58. The summed E-state index contributed by atoms with van der Waals surface area (Å²) in [5.41, 5.74) is 7.51. The van der Waals surface area contributed by atoms with Gasteiger partial charge in [-0.05, 0) is 50.2 Å². The maximum atomic E-state index is 12.9. The van der Waals surface area contributed by atoms with Crippen LogP contribution in [0.4, 0.5) is 10.1 Å². The first-order chi connectivity index (χ1) is 11.1. The highest BCUT2D eigenvalue weighted by Gasteiger charge is 2.10. The van der Waals surface area contributed by atoms with Crippen molar-refractivity contribution in [3.05, 3.63) is 77.4 Å². The molecule has 3 rings (SSSR count). The number of aryl methyl sites for hydroxylation is 1. The fraction of sp³-hybridized carbons (Fsp3) is 0.111. The van der Waals surface area contributed by atoms with Gasteiger partial charge >= 0.3 is 0 Å². The maximum Gasteiger partial charge on any atom is 0.123 e. The lowest BCUT2D eigenvalue weighted by atomic mass is 10.2. The molecule has 0 unspecified atom stereocenters. The molecule has 5 heteroatoms. The van der Waals surface area contributed by atoms with Gasteiger partial charge in [-0.25, -0.2) is 9.07 Å². The average Bonchev–Trinajstić information content (AvgIpc) is 2.85. The molecule has 0 bridgehead atoms. The predicted octanol–water partition coefficient (Wildman–Crippen LogP) is 4.07. The van der Waals surface area contributed by atoms with Crippen LogP contribution in [-0.4, -0.2) is 16.0 Å². The highest BCUT2D eigenvalue weighted by Crippen LogP contribution is 2.16. The number of hydrogen-bond donors (Lipinski definition) is 1. The van der Waals surface area contributed by atoms with Gasteiger partial charge in [-0.1, -0.05) is 18.2 Å². The molecule has 0 spiro atoms. The van der Waals surface area contributed by atoms with E-state index in [1.807, 2.05) is 48.9 Å². The van der Waals surface area contributed by atoms with Crippen molar-refractivity contribution in [1.29, 1.82) is 0 Å². The third-order valence-corrected chi connectivity index (χ3v) is 3.58. The van der Waals surface area contributed by atoms with E-state index in [2.05, 4.69) is 15.6 Å². The van der Waals surface area contributed by atoms with Crippen molar-refractivity contribution in [2.24, 2.45) is 5.10 Å². The second kappa shape index (κ2) is 6.44. The van der Waals surface area contributed by atoms with Crippen LogP contribution < -0.4 is 5.43 Å². The van der Waals surface area contributed by atoms with Gasteiger partial charge in [-0.15, -0.1) is 0 Å². The van der Waals surface area contributed by atoms with Gasteiger partial charge < -0.3 is 0 Å². The number of benzene rings is 2. The van der Waals surface area contributed by atoms with Crippen LogP contribution in [-0.2, 0) is 0 Å². The first kappa shape index (κ1) is 15.0. The Balaban J connectivity index is 1.82. The molecule has 0 atom stereocenters. The molecule has 4 nitrogen and oxygen atoms in total. The number of nitrogens with zero attached hydrogens (tertiary/aromatic N) is 3. The van der Waals surface area contributed by atoms with Crippen molar-refractivity contribution in [2.45, 2.75) is 13.8 Å².